The molecule has 1 aliphatic rings. The number of hydrogen-bond acceptors (Lipinski definition) is 2. The van der Waals surface area contributed by atoms with Gasteiger partial charge in [0, 0.05) is 22.5 Å². The number of fused-ring (bicyclic) bond motifs is 3. The van der Waals surface area contributed by atoms with Crippen molar-refractivity contribution in [1.82, 2.24) is 19.2 Å². The molecule has 0 radical (unpaired) electrons. The van der Waals surface area contributed by atoms with Crippen LogP contribution < -0.4 is 5.32 Å². The molecule has 1 N–H and O–H groups in total. The number of carbonyl (C=O) groups excluding carboxylic acids is 1. The quantitative estimate of drug-likeness (QED) is 0.269. The lowest BCUT2D eigenvalue weighted by Gasteiger charge is -2.31. The van der Waals surface area contributed by atoms with Gasteiger partial charge in [-0.3, -0.25) is 0 Å². The fourth-order valence-electron chi connectivity index (χ4n) is 5.32. The van der Waals surface area contributed by atoms with E-state index in [1.807, 2.05) is 109 Å². The zero-order valence-corrected chi connectivity index (χ0v) is 22.3. The Hall–Kier alpha value is -4.29. The van der Waals surface area contributed by atoms with Gasteiger partial charge in [0.2, 0.25) is 0 Å². The fraction of sp³-hybridized carbons (Fsp3) is 0.161. The third-order valence-electron chi connectivity index (χ3n) is 7.14. The summed E-state index contributed by atoms with van der Waals surface area (Å²) in [5, 5.41) is 8.72. The van der Waals surface area contributed by atoms with E-state index in [2.05, 4.69) is 22.0 Å². The summed E-state index contributed by atoms with van der Waals surface area (Å²) in [5.41, 5.74) is 7.69. The molecule has 0 aliphatic carbocycles. The normalized spacial score (nSPS) is 14.5. The molecular weight excluding hydrogens is 494 g/mol. The van der Waals surface area contributed by atoms with Crippen LogP contribution in [0.2, 0.25) is 5.02 Å². The Morgan fingerprint density at radius 2 is 1.76 bits per heavy atom. The lowest BCUT2D eigenvalue weighted by atomic mass is 10.0. The molecule has 3 aromatic carbocycles. The molecule has 1 atom stereocenters. The van der Waals surface area contributed by atoms with Crippen molar-refractivity contribution in [2.75, 3.05) is 5.32 Å². The number of urea groups is 1. The van der Waals surface area contributed by atoms with Gasteiger partial charge in [0.15, 0.2) is 0 Å². The largest absolute Gasteiger partial charge is 0.322 e. The van der Waals surface area contributed by atoms with E-state index in [4.69, 9.17) is 16.7 Å². The smallest absolute Gasteiger partial charge is 0.308 e. The van der Waals surface area contributed by atoms with Crippen molar-refractivity contribution in [3.8, 4) is 11.5 Å². The van der Waals surface area contributed by atoms with E-state index >= 15 is 0 Å². The predicted octanol–water partition coefficient (Wildman–Crippen LogP) is 7.38. The van der Waals surface area contributed by atoms with Crippen LogP contribution in [-0.2, 0) is 6.54 Å². The summed E-state index contributed by atoms with van der Waals surface area (Å²) < 4.78 is 4.12. The highest BCUT2D eigenvalue weighted by Gasteiger charge is 2.36. The van der Waals surface area contributed by atoms with E-state index in [9.17, 15) is 4.79 Å². The summed E-state index contributed by atoms with van der Waals surface area (Å²) in [6.07, 6.45) is 2.04. The van der Waals surface area contributed by atoms with E-state index in [-0.39, 0.29) is 12.1 Å². The molecule has 2 aromatic heterocycles. The van der Waals surface area contributed by atoms with Crippen LogP contribution in [0.4, 0.5) is 10.5 Å². The van der Waals surface area contributed by atoms with E-state index < -0.39 is 0 Å². The molecule has 2 amide bonds. The highest BCUT2D eigenvalue weighted by atomic mass is 35.5. The maximum absolute atomic E-state index is 14.1. The molecule has 5 aromatic rings. The summed E-state index contributed by atoms with van der Waals surface area (Å²) in [4.78, 5) is 16.0. The van der Waals surface area contributed by atoms with Crippen LogP contribution in [-0.4, -0.2) is 25.3 Å². The van der Waals surface area contributed by atoms with Crippen LogP contribution in [0.3, 0.4) is 0 Å². The molecule has 6 rings (SSSR count). The molecule has 6 nitrogen and oxygen atoms in total. The average Bonchev–Trinajstić information content (AvgIpc) is 3.46. The Balaban J connectivity index is 1.54. The summed E-state index contributed by atoms with van der Waals surface area (Å²) in [6.45, 7) is 6.44. The summed E-state index contributed by atoms with van der Waals surface area (Å²) in [7, 11) is 0. The van der Waals surface area contributed by atoms with Gasteiger partial charge in [-0.05, 0) is 74.4 Å². The van der Waals surface area contributed by atoms with E-state index in [0.29, 0.717) is 11.6 Å². The van der Waals surface area contributed by atoms with Crippen LogP contribution in [0.5, 0.6) is 0 Å². The number of nitrogens with zero attached hydrogens (tertiary/aromatic N) is 4. The van der Waals surface area contributed by atoms with Crippen molar-refractivity contribution in [3.63, 3.8) is 0 Å². The summed E-state index contributed by atoms with van der Waals surface area (Å²) in [6, 6.07) is 27.4. The number of nitrogens with one attached hydrogen (secondary N) is 1. The topological polar surface area (TPSA) is 55.1 Å². The van der Waals surface area contributed by atoms with Crippen molar-refractivity contribution < 1.29 is 4.79 Å². The summed E-state index contributed by atoms with van der Waals surface area (Å²) >= 11 is 6.46. The number of rotatable bonds is 3. The minimum atomic E-state index is -0.370. The average molecular weight is 522 g/mol. The second-order valence-corrected chi connectivity index (χ2v) is 10.2. The van der Waals surface area contributed by atoms with Gasteiger partial charge in [-0.15, -0.1) is 0 Å². The number of aromatic nitrogens is 3. The third kappa shape index (κ3) is 4.17. The number of amides is 2. The van der Waals surface area contributed by atoms with Gasteiger partial charge < -0.3 is 14.8 Å². The molecule has 190 valence electrons. The Morgan fingerprint density at radius 1 is 0.947 bits per heavy atom. The predicted molar refractivity (Wildman–Crippen MR) is 151 cm³/mol. The maximum Gasteiger partial charge on any atom is 0.322 e. The van der Waals surface area contributed by atoms with Gasteiger partial charge in [0.05, 0.1) is 29.7 Å². The van der Waals surface area contributed by atoms with E-state index in [1.165, 1.54) is 0 Å². The number of anilines is 1. The van der Waals surface area contributed by atoms with Gasteiger partial charge in [-0.25, -0.2) is 9.48 Å². The van der Waals surface area contributed by atoms with Crippen LogP contribution in [0, 0.1) is 20.8 Å². The van der Waals surface area contributed by atoms with Crippen molar-refractivity contribution in [2.45, 2.75) is 33.4 Å². The number of carbonyl (C=O) groups is 1. The van der Waals surface area contributed by atoms with Crippen LogP contribution in [0.1, 0.15) is 39.7 Å². The molecule has 0 bridgehead atoms. The number of hydrogen-bond donors (Lipinski definition) is 1. The molecule has 0 fully saturated rings. The van der Waals surface area contributed by atoms with Crippen molar-refractivity contribution in [2.24, 2.45) is 0 Å². The molecule has 0 saturated carbocycles. The second kappa shape index (κ2) is 9.54. The summed E-state index contributed by atoms with van der Waals surface area (Å²) in [5.74, 6) is 0.933. The van der Waals surface area contributed by atoms with Gasteiger partial charge in [0.25, 0.3) is 0 Å². The lowest BCUT2D eigenvalue weighted by Crippen LogP contribution is -2.38. The first-order valence-electron chi connectivity index (χ1n) is 12.6. The van der Waals surface area contributed by atoms with Gasteiger partial charge in [-0.2, -0.15) is 5.10 Å². The first-order chi connectivity index (χ1) is 18.4. The molecule has 7 heteroatoms. The molecule has 0 unspecified atom stereocenters. The van der Waals surface area contributed by atoms with E-state index in [0.717, 1.165) is 50.8 Å². The first kappa shape index (κ1) is 24.1. The Morgan fingerprint density at radius 3 is 2.53 bits per heavy atom. The molecular formula is C31H28ClN5O. The fourth-order valence-corrected chi connectivity index (χ4v) is 5.52. The molecule has 0 saturated heterocycles. The highest BCUT2D eigenvalue weighted by Crippen LogP contribution is 2.39. The third-order valence-corrected chi connectivity index (χ3v) is 7.37. The van der Waals surface area contributed by atoms with Crippen LogP contribution in [0.25, 0.3) is 11.5 Å². The second-order valence-electron chi connectivity index (χ2n) is 9.77. The number of halogens is 1. The van der Waals surface area contributed by atoms with E-state index in [1.54, 1.807) is 0 Å². The van der Waals surface area contributed by atoms with Gasteiger partial charge in [-0.1, -0.05) is 59.6 Å². The number of benzene rings is 3. The van der Waals surface area contributed by atoms with Crippen LogP contribution >= 0.6 is 11.6 Å². The number of para-hydroxylation sites is 1. The molecule has 3 heterocycles. The van der Waals surface area contributed by atoms with Crippen molar-refractivity contribution in [3.05, 3.63) is 130 Å². The molecule has 0 spiro atoms. The SMILES string of the molecule is Cc1ccc(NC(=O)N2Cc3c(C)nn(-c4ccccc4)c3-n3cccc3[C@H]2c2cccc(Cl)c2)c(C)c1. The molecule has 1 aliphatic heterocycles. The first-order valence-corrected chi connectivity index (χ1v) is 13.0. The van der Waals surface area contributed by atoms with Crippen LogP contribution in [0.15, 0.2) is 91.1 Å². The maximum atomic E-state index is 14.1. The minimum Gasteiger partial charge on any atom is -0.308 e. The Labute approximate surface area is 227 Å². The monoisotopic (exact) mass is 521 g/mol. The van der Waals surface area contributed by atoms with Crippen molar-refractivity contribution in [1.29, 1.82) is 0 Å². The molecule has 38 heavy (non-hydrogen) atoms. The lowest BCUT2D eigenvalue weighted by molar-refractivity contribution is 0.194. The highest BCUT2D eigenvalue weighted by molar-refractivity contribution is 6.30. The Bertz CT molecular complexity index is 1650. The standard InChI is InChI=1S/C31H28ClN5O/c1-20-14-15-27(21(2)17-20)33-31(38)36-19-26-22(3)34-37(25-11-5-4-6-12-25)30(26)35-16-8-13-28(35)29(36)23-9-7-10-24(32)18-23/h4-18,29H,19H2,1-3H3,(H,33,38)/t29-/m1/s1. The zero-order chi connectivity index (χ0) is 26.4. The zero-order valence-electron chi connectivity index (χ0n) is 21.5. The minimum absolute atomic E-state index is 0.186. The van der Waals surface area contributed by atoms with Gasteiger partial charge in [0.1, 0.15) is 5.82 Å². The number of aryl methyl sites for hydroxylation is 3. The Kier molecular flexibility index (Phi) is 6.04. The van der Waals surface area contributed by atoms with Gasteiger partial charge >= 0.3 is 6.03 Å². The van der Waals surface area contributed by atoms with Crippen molar-refractivity contribution >= 4 is 23.3 Å².